The van der Waals surface area contributed by atoms with Gasteiger partial charge >= 0.3 is 11.9 Å². The summed E-state index contributed by atoms with van der Waals surface area (Å²) in [5.74, 6) is -0.808. The molecule has 238 valence electrons. The monoisotopic (exact) mass is 600 g/mol. The normalized spacial score (nSPS) is 17.3. The van der Waals surface area contributed by atoms with E-state index in [0.29, 0.717) is 24.7 Å². The number of ether oxygens (including phenoxy) is 3. The Morgan fingerprint density at radius 1 is 0.860 bits per heavy atom. The van der Waals surface area contributed by atoms with Gasteiger partial charge in [-0.15, -0.1) is 0 Å². The number of aryl methyl sites for hydroxylation is 1. The van der Waals surface area contributed by atoms with Crippen molar-refractivity contribution in [1.82, 2.24) is 0 Å². The fourth-order valence-corrected chi connectivity index (χ4v) is 5.52. The highest BCUT2D eigenvalue weighted by Crippen LogP contribution is 2.30. The van der Waals surface area contributed by atoms with Gasteiger partial charge in [-0.05, 0) is 93.2 Å². The van der Waals surface area contributed by atoms with E-state index in [1.54, 1.807) is 12.1 Å². The largest absolute Gasteiger partial charge is 0.491 e. The summed E-state index contributed by atoms with van der Waals surface area (Å²) in [4.78, 5) is 24.5. The third-order valence-electron chi connectivity index (χ3n) is 8.29. The first-order valence-electron chi connectivity index (χ1n) is 16.5. The van der Waals surface area contributed by atoms with Gasteiger partial charge < -0.3 is 14.2 Å². The van der Waals surface area contributed by atoms with Crippen LogP contribution in [0, 0.1) is 11.7 Å². The molecule has 0 N–H and O–H groups in total. The number of alkyl halides is 1. The smallest absolute Gasteiger partial charge is 0.343 e. The van der Waals surface area contributed by atoms with Gasteiger partial charge in [-0.2, -0.15) is 0 Å². The van der Waals surface area contributed by atoms with Gasteiger partial charge in [0.1, 0.15) is 11.9 Å². The molecule has 1 atom stereocenters. The van der Waals surface area contributed by atoms with E-state index in [-0.39, 0.29) is 23.8 Å². The van der Waals surface area contributed by atoms with Crippen molar-refractivity contribution in [3.05, 3.63) is 59.4 Å². The van der Waals surface area contributed by atoms with E-state index in [9.17, 15) is 18.4 Å². The van der Waals surface area contributed by atoms with Gasteiger partial charge in [-0.1, -0.05) is 77.3 Å². The molecule has 1 saturated carbocycles. The van der Waals surface area contributed by atoms with Crippen LogP contribution in [0.4, 0.5) is 8.78 Å². The molecule has 1 aliphatic carbocycles. The van der Waals surface area contributed by atoms with E-state index in [1.807, 2.05) is 19.1 Å². The van der Waals surface area contributed by atoms with Crippen LogP contribution in [0.15, 0.2) is 42.5 Å². The number of esters is 2. The first-order valence-corrected chi connectivity index (χ1v) is 16.5. The number of halogens is 2. The number of unbranched alkanes of at least 4 members (excludes halogenated alkanes) is 7. The number of benzene rings is 2. The predicted molar refractivity (Wildman–Crippen MR) is 166 cm³/mol. The number of carbonyl (C=O) groups excluding carboxylic acids is 2. The Bertz CT molecular complexity index is 1100. The summed E-state index contributed by atoms with van der Waals surface area (Å²) in [6, 6.07) is 11.6. The van der Waals surface area contributed by atoms with Crippen LogP contribution in [0.3, 0.4) is 0 Å². The minimum Gasteiger partial charge on any atom is -0.491 e. The molecule has 2 aromatic rings. The maximum atomic E-state index is 14.5. The van der Waals surface area contributed by atoms with Gasteiger partial charge in [0.25, 0.3) is 0 Å². The summed E-state index contributed by atoms with van der Waals surface area (Å²) in [6.07, 6.45) is 13.6. The summed E-state index contributed by atoms with van der Waals surface area (Å²) in [5.41, 5.74) is 1.27. The summed E-state index contributed by atoms with van der Waals surface area (Å²) in [7, 11) is 0. The molecule has 0 amide bonds. The molecule has 7 heteroatoms. The van der Waals surface area contributed by atoms with Crippen molar-refractivity contribution < 1.29 is 32.6 Å². The van der Waals surface area contributed by atoms with Crippen LogP contribution in [0.5, 0.6) is 11.5 Å². The quantitative estimate of drug-likeness (QED) is 0.0912. The average Bonchev–Trinajstić information content (AvgIpc) is 3.02. The SMILES string of the molecule is CCCCCCCCCOc1ccc(C(=O)Oc2ccc(CCC3CCC(OC(=O)[C@@H](F)CCCC)CC3)cc2)cc1F. The number of rotatable bonds is 19. The maximum absolute atomic E-state index is 14.5. The first kappa shape index (κ1) is 34.5. The zero-order chi connectivity index (χ0) is 30.9. The topological polar surface area (TPSA) is 61.8 Å². The van der Waals surface area contributed by atoms with Gasteiger partial charge in [0.15, 0.2) is 17.7 Å². The molecule has 0 bridgehead atoms. The maximum Gasteiger partial charge on any atom is 0.343 e. The molecule has 1 fully saturated rings. The van der Waals surface area contributed by atoms with Crippen LogP contribution in [-0.4, -0.2) is 30.8 Å². The van der Waals surface area contributed by atoms with Crippen LogP contribution >= 0.6 is 0 Å². The molecule has 43 heavy (non-hydrogen) atoms. The van der Waals surface area contributed by atoms with E-state index in [2.05, 4.69) is 6.92 Å². The van der Waals surface area contributed by atoms with Crippen molar-refractivity contribution in [3.63, 3.8) is 0 Å². The minimum absolute atomic E-state index is 0.133. The Labute approximate surface area is 256 Å². The van der Waals surface area contributed by atoms with Crippen molar-refractivity contribution in [2.75, 3.05) is 6.61 Å². The van der Waals surface area contributed by atoms with Crippen molar-refractivity contribution >= 4 is 11.9 Å². The molecule has 3 rings (SSSR count). The Balaban J connectivity index is 1.34. The molecule has 1 aliphatic rings. The van der Waals surface area contributed by atoms with Crippen LogP contribution < -0.4 is 9.47 Å². The van der Waals surface area contributed by atoms with Crippen LogP contribution in [-0.2, 0) is 16.0 Å². The summed E-state index contributed by atoms with van der Waals surface area (Å²) < 4.78 is 44.9. The van der Waals surface area contributed by atoms with Crippen molar-refractivity contribution in [1.29, 1.82) is 0 Å². The van der Waals surface area contributed by atoms with E-state index in [4.69, 9.17) is 14.2 Å². The van der Waals surface area contributed by atoms with Crippen LogP contribution in [0.1, 0.15) is 126 Å². The lowest BCUT2D eigenvalue weighted by Crippen LogP contribution is -2.29. The second-order valence-corrected chi connectivity index (χ2v) is 11.9. The Kier molecular flexibility index (Phi) is 15.5. The summed E-state index contributed by atoms with van der Waals surface area (Å²) >= 11 is 0. The molecular weight excluding hydrogens is 550 g/mol. The molecule has 0 aliphatic heterocycles. The van der Waals surface area contributed by atoms with Crippen molar-refractivity contribution in [2.24, 2.45) is 5.92 Å². The lowest BCUT2D eigenvalue weighted by Gasteiger charge is -2.28. The fourth-order valence-electron chi connectivity index (χ4n) is 5.52. The summed E-state index contributed by atoms with van der Waals surface area (Å²) in [6.45, 7) is 4.63. The van der Waals surface area contributed by atoms with E-state index in [0.717, 1.165) is 69.4 Å². The van der Waals surface area contributed by atoms with E-state index < -0.39 is 23.9 Å². The standard InChI is InChI=1S/C36H50F2O5/c1-3-5-7-8-9-10-11-25-41-34-24-19-29(26-33(34)38)35(39)42-30-20-15-27(16-21-30)13-14-28-17-22-31(23-18-28)43-36(40)32(37)12-6-4-2/h15-16,19-21,24,26,28,31-32H,3-14,17-18,22-23,25H2,1-2H3/t28?,31?,32-/m0/s1. The van der Waals surface area contributed by atoms with Gasteiger partial charge in [-0.25, -0.2) is 18.4 Å². The van der Waals surface area contributed by atoms with Gasteiger partial charge in [0.05, 0.1) is 12.2 Å². The number of hydrogen-bond donors (Lipinski definition) is 0. The van der Waals surface area contributed by atoms with Crippen molar-refractivity contribution in [3.8, 4) is 11.5 Å². The fraction of sp³-hybridized carbons (Fsp3) is 0.611. The van der Waals surface area contributed by atoms with Gasteiger partial charge in [-0.3, -0.25) is 0 Å². The third-order valence-corrected chi connectivity index (χ3v) is 8.29. The lowest BCUT2D eigenvalue weighted by atomic mass is 9.83. The second kappa shape index (κ2) is 19.3. The molecule has 0 heterocycles. The van der Waals surface area contributed by atoms with E-state index in [1.165, 1.54) is 44.2 Å². The van der Waals surface area contributed by atoms with Crippen LogP contribution in [0.25, 0.3) is 0 Å². The molecule has 0 radical (unpaired) electrons. The second-order valence-electron chi connectivity index (χ2n) is 11.9. The molecule has 0 saturated heterocycles. The highest BCUT2D eigenvalue weighted by Gasteiger charge is 2.27. The number of hydrogen-bond acceptors (Lipinski definition) is 5. The minimum atomic E-state index is -1.51. The zero-order valence-electron chi connectivity index (χ0n) is 26.1. The number of carbonyl (C=O) groups is 2. The van der Waals surface area contributed by atoms with Crippen molar-refractivity contribution in [2.45, 2.75) is 129 Å². The third kappa shape index (κ3) is 12.7. The molecule has 5 nitrogen and oxygen atoms in total. The van der Waals surface area contributed by atoms with E-state index >= 15 is 0 Å². The zero-order valence-corrected chi connectivity index (χ0v) is 26.1. The Hall–Kier alpha value is -2.96. The highest BCUT2D eigenvalue weighted by molar-refractivity contribution is 5.91. The average molecular weight is 601 g/mol. The predicted octanol–water partition coefficient (Wildman–Crippen LogP) is 9.74. The molecule has 0 aromatic heterocycles. The highest BCUT2D eigenvalue weighted by atomic mass is 19.1. The molecule has 0 spiro atoms. The summed E-state index contributed by atoms with van der Waals surface area (Å²) in [5, 5.41) is 0. The Morgan fingerprint density at radius 2 is 1.53 bits per heavy atom. The first-order chi connectivity index (χ1) is 20.9. The van der Waals surface area contributed by atoms with Gasteiger partial charge in [0, 0.05) is 0 Å². The Morgan fingerprint density at radius 3 is 2.21 bits per heavy atom. The van der Waals surface area contributed by atoms with Gasteiger partial charge in [0.2, 0.25) is 0 Å². The molecular formula is C36H50F2O5. The van der Waals surface area contributed by atoms with Crippen LogP contribution in [0.2, 0.25) is 0 Å². The lowest BCUT2D eigenvalue weighted by molar-refractivity contribution is -0.157. The molecule has 2 aromatic carbocycles. The molecule has 0 unspecified atom stereocenters.